The van der Waals surface area contributed by atoms with Crippen molar-refractivity contribution in [2.24, 2.45) is 0 Å². The maximum absolute atomic E-state index is 10.4. The van der Waals surface area contributed by atoms with Gasteiger partial charge < -0.3 is 30.6 Å². The zero-order chi connectivity index (χ0) is 25.7. The second-order valence-corrected chi connectivity index (χ2v) is 9.78. The molecule has 2 aromatic rings. The molecular formula is C25H33Cl2N5O3. The van der Waals surface area contributed by atoms with E-state index < -0.39 is 6.10 Å². The maximum atomic E-state index is 10.4. The summed E-state index contributed by atoms with van der Waals surface area (Å²) >= 11 is 12.9. The Morgan fingerprint density at radius 1 is 1.29 bits per heavy atom. The summed E-state index contributed by atoms with van der Waals surface area (Å²) in [6.45, 7) is 7.07. The monoisotopic (exact) mass is 521 g/mol. The number of likely N-dealkylation sites (N-methyl/N-ethyl adjacent to an activating group) is 1. The van der Waals surface area contributed by atoms with Crippen LogP contribution < -0.4 is 15.0 Å². The van der Waals surface area contributed by atoms with Gasteiger partial charge in [0.15, 0.2) is 5.82 Å². The van der Waals surface area contributed by atoms with E-state index in [-0.39, 0.29) is 23.5 Å². The zero-order valence-corrected chi connectivity index (χ0v) is 22.0. The van der Waals surface area contributed by atoms with Crippen LogP contribution in [0.5, 0.6) is 5.75 Å². The molecule has 1 aliphatic heterocycles. The average molecular weight is 522 g/mol. The first-order chi connectivity index (χ1) is 16.6. The summed E-state index contributed by atoms with van der Waals surface area (Å²) in [6, 6.07) is 5.17. The lowest BCUT2D eigenvalue weighted by molar-refractivity contribution is 0.108. The summed E-state index contributed by atoms with van der Waals surface area (Å²) in [5.74, 6) is 1.62. The van der Waals surface area contributed by atoms with Crippen LogP contribution in [-0.4, -0.2) is 70.7 Å². The van der Waals surface area contributed by atoms with Gasteiger partial charge in [-0.25, -0.2) is 9.97 Å². The maximum Gasteiger partial charge on any atom is 0.163 e. The third-order valence-electron chi connectivity index (χ3n) is 5.88. The molecule has 10 heteroatoms. The fourth-order valence-corrected chi connectivity index (χ4v) is 4.51. The highest BCUT2D eigenvalue weighted by Gasteiger charge is 2.25. The van der Waals surface area contributed by atoms with Gasteiger partial charge in [-0.1, -0.05) is 11.6 Å². The number of ether oxygens (including phenoxy) is 1. The van der Waals surface area contributed by atoms with Crippen LogP contribution in [0.15, 0.2) is 24.0 Å². The summed E-state index contributed by atoms with van der Waals surface area (Å²) < 4.78 is 5.76. The van der Waals surface area contributed by atoms with Crippen molar-refractivity contribution in [2.75, 3.05) is 38.2 Å². The minimum absolute atomic E-state index is 0.0115. The number of allylic oxidation sites excluding steroid dienone is 2. The van der Waals surface area contributed by atoms with E-state index in [0.717, 1.165) is 37.3 Å². The number of nitrogens with zero attached hydrogens (tertiary/aromatic N) is 3. The molecule has 1 aliphatic rings. The number of hydrogen-bond acceptors (Lipinski definition) is 8. The Morgan fingerprint density at radius 3 is 2.57 bits per heavy atom. The van der Waals surface area contributed by atoms with Crippen LogP contribution in [-0.2, 0) is 0 Å². The summed E-state index contributed by atoms with van der Waals surface area (Å²) in [5.41, 5.74) is 2.37. The molecule has 0 unspecified atom stereocenters. The molecule has 1 aromatic heterocycles. The highest BCUT2D eigenvalue weighted by Crippen LogP contribution is 2.35. The molecule has 0 bridgehead atoms. The molecule has 1 saturated heterocycles. The van der Waals surface area contributed by atoms with E-state index in [0.29, 0.717) is 40.0 Å². The molecule has 0 aliphatic carbocycles. The van der Waals surface area contributed by atoms with Crippen molar-refractivity contribution in [3.63, 3.8) is 0 Å². The normalized spacial score (nSPS) is 16.1. The average Bonchev–Trinajstić information content (AvgIpc) is 2.80. The molecule has 3 rings (SSSR count). The van der Waals surface area contributed by atoms with Crippen LogP contribution in [0.3, 0.4) is 0 Å². The van der Waals surface area contributed by atoms with Gasteiger partial charge in [0.1, 0.15) is 30.0 Å². The number of piperidine rings is 1. The van der Waals surface area contributed by atoms with Gasteiger partial charge in [-0.2, -0.15) is 0 Å². The van der Waals surface area contributed by atoms with E-state index in [4.69, 9.17) is 43.3 Å². The Hall–Kier alpha value is -2.39. The molecule has 35 heavy (non-hydrogen) atoms. The van der Waals surface area contributed by atoms with Crippen LogP contribution in [0, 0.1) is 12.3 Å². The molecule has 0 amide bonds. The molecule has 0 radical (unpaired) electrons. The Bertz CT molecular complexity index is 1100. The smallest absolute Gasteiger partial charge is 0.163 e. The van der Waals surface area contributed by atoms with E-state index in [1.807, 2.05) is 6.92 Å². The number of aliphatic hydroxyl groups is 2. The number of aliphatic hydroxyl groups excluding tert-OH is 2. The highest BCUT2D eigenvalue weighted by atomic mass is 35.5. The first-order valence-corrected chi connectivity index (χ1v) is 12.4. The van der Waals surface area contributed by atoms with Gasteiger partial charge in [0, 0.05) is 41.8 Å². The van der Waals surface area contributed by atoms with Crippen molar-refractivity contribution in [1.82, 2.24) is 15.3 Å². The summed E-state index contributed by atoms with van der Waals surface area (Å²) in [6.07, 6.45) is 1.01. The molecule has 4 N–H and O–H groups in total. The quantitative estimate of drug-likeness (QED) is 0.216. The van der Waals surface area contributed by atoms with Gasteiger partial charge in [-0.3, -0.25) is 0 Å². The molecule has 0 saturated carbocycles. The topological polar surface area (TPSA) is 115 Å². The van der Waals surface area contributed by atoms with Crippen LogP contribution >= 0.6 is 23.2 Å². The first-order valence-electron chi connectivity index (χ1n) is 11.6. The van der Waals surface area contributed by atoms with Gasteiger partial charge in [0.05, 0.1) is 16.3 Å². The predicted molar refractivity (Wildman–Crippen MR) is 142 cm³/mol. The lowest BCUT2D eigenvalue weighted by Gasteiger charge is -2.32. The van der Waals surface area contributed by atoms with Gasteiger partial charge in [0.25, 0.3) is 0 Å². The number of anilines is 1. The number of aromatic nitrogens is 2. The van der Waals surface area contributed by atoms with Gasteiger partial charge in [-0.15, -0.1) is 11.6 Å². The van der Waals surface area contributed by atoms with Crippen molar-refractivity contribution < 1.29 is 14.9 Å². The van der Waals surface area contributed by atoms with Crippen molar-refractivity contribution >= 4 is 40.3 Å². The number of hydrogen-bond donors (Lipinski definition) is 4. The number of rotatable bonds is 9. The minimum atomic E-state index is -0.659. The van der Waals surface area contributed by atoms with Crippen molar-refractivity contribution in [2.45, 2.75) is 45.1 Å². The van der Waals surface area contributed by atoms with Gasteiger partial charge in [-0.05, 0) is 58.9 Å². The Morgan fingerprint density at radius 2 is 1.97 bits per heavy atom. The van der Waals surface area contributed by atoms with E-state index in [1.54, 1.807) is 39.1 Å². The number of halogens is 2. The van der Waals surface area contributed by atoms with E-state index in [9.17, 15) is 10.2 Å². The lowest BCUT2D eigenvalue weighted by Crippen LogP contribution is -2.35. The molecule has 8 nitrogen and oxygen atoms in total. The number of alkyl halides is 1. The fourth-order valence-electron chi connectivity index (χ4n) is 4.11. The van der Waals surface area contributed by atoms with Crippen molar-refractivity contribution in [1.29, 1.82) is 5.41 Å². The Kier molecular flexibility index (Phi) is 9.35. The Balaban J connectivity index is 2.12. The second kappa shape index (κ2) is 12.0. The summed E-state index contributed by atoms with van der Waals surface area (Å²) in [7, 11) is 1.76. The number of benzene rings is 1. The van der Waals surface area contributed by atoms with Gasteiger partial charge >= 0.3 is 0 Å². The highest BCUT2D eigenvalue weighted by molar-refractivity contribution is 6.33. The SMILES string of the molecule is CNC[C@@H](O)COc1ccc(Cl)c(-c2nc(/C(C(C)=N)=C(\C)O)c(C)c(N3CCC(Cl)CC3)n2)c1. The second-order valence-electron chi connectivity index (χ2n) is 8.76. The fraction of sp³-hybridized carbons (Fsp3) is 0.480. The largest absolute Gasteiger partial charge is 0.512 e. The predicted octanol–water partition coefficient (Wildman–Crippen LogP) is 4.60. The van der Waals surface area contributed by atoms with E-state index >= 15 is 0 Å². The third-order valence-corrected chi connectivity index (χ3v) is 6.64. The Labute approximate surface area is 216 Å². The van der Waals surface area contributed by atoms with Crippen LogP contribution in [0.1, 0.15) is 37.9 Å². The zero-order valence-electron chi connectivity index (χ0n) is 20.5. The lowest BCUT2D eigenvalue weighted by atomic mass is 10.0. The molecule has 1 aromatic carbocycles. The van der Waals surface area contributed by atoms with Crippen LogP contribution in [0.4, 0.5) is 5.82 Å². The third kappa shape index (κ3) is 6.64. The van der Waals surface area contributed by atoms with E-state index in [1.165, 1.54) is 0 Å². The van der Waals surface area contributed by atoms with Crippen LogP contribution in [0.25, 0.3) is 17.0 Å². The minimum Gasteiger partial charge on any atom is -0.512 e. The summed E-state index contributed by atoms with van der Waals surface area (Å²) in [5, 5.41) is 32.1. The molecule has 190 valence electrons. The van der Waals surface area contributed by atoms with Crippen molar-refractivity contribution in [3.05, 3.63) is 40.2 Å². The molecule has 2 heterocycles. The molecule has 1 atom stereocenters. The molecule has 0 spiro atoms. The molecular weight excluding hydrogens is 489 g/mol. The standard InChI is InChI=1S/C25H33Cl2N5O3/c1-14-23(22(15(2)28)16(3)33)30-24(31-25(14)32-9-7-17(26)8-10-32)20-11-19(5-6-21(20)27)35-13-18(34)12-29-4/h5-6,11,17-18,28-29,33-34H,7-10,12-13H2,1-4H3/b22-16+,28-15?/t18-/m1/s1. The van der Waals surface area contributed by atoms with E-state index in [2.05, 4.69) is 10.2 Å². The number of nitrogens with one attached hydrogen (secondary N) is 2. The molecule has 1 fully saturated rings. The summed E-state index contributed by atoms with van der Waals surface area (Å²) in [4.78, 5) is 11.8. The van der Waals surface area contributed by atoms with Gasteiger partial charge in [0.2, 0.25) is 0 Å². The van der Waals surface area contributed by atoms with Crippen molar-refractivity contribution in [3.8, 4) is 17.1 Å². The van der Waals surface area contributed by atoms with Crippen LogP contribution in [0.2, 0.25) is 5.02 Å². The first kappa shape index (κ1) is 27.2.